The number of ether oxygens (including phenoxy) is 1. The number of hydrogen-bond donors (Lipinski definition) is 3. The smallest absolute Gasteiger partial charge is 0.243 e. The van der Waals surface area contributed by atoms with Crippen molar-refractivity contribution in [2.24, 2.45) is 5.92 Å². The second-order valence-electron chi connectivity index (χ2n) is 11.8. The number of hydrogen-bond acceptors (Lipinski definition) is 5. The molecule has 0 radical (unpaired) electrons. The highest BCUT2D eigenvalue weighted by Gasteiger charge is 2.34. The van der Waals surface area contributed by atoms with Crippen LogP contribution < -0.4 is 10.6 Å². The van der Waals surface area contributed by atoms with Crippen molar-refractivity contribution in [3.63, 3.8) is 0 Å². The first kappa shape index (κ1) is 34.2. The third-order valence-electron chi connectivity index (χ3n) is 8.41. The SMILES string of the molecule is C=CCO[C@H]1C[C@@H](NC[C@@H](O)[C@H](Cc2ccccc2)NC(=O)[C@H](CC=C)N(C)C(=O)[C@@H](C)CCCC)c2cc(C)ccc21. The average Bonchev–Trinajstić information content (AvgIpc) is 3.35. The van der Waals surface area contributed by atoms with Crippen LogP contribution in [0.15, 0.2) is 73.8 Å². The van der Waals surface area contributed by atoms with Crippen LogP contribution in [-0.4, -0.2) is 60.2 Å². The first-order valence-corrected chi connectivity index (χ1v) is 15.7. The molecular weight excluding hydrogens is 538 g/mol. The summed E-state index contributed by atoms with van der Waals surface area (Å²) in [5.74, 6) is -0.518. The van der Waals surface area contributed by atoms with Crippen molar-refractivity contribution in [2.45, 2.75) is 89.6 Å². The van der Waals surface area contributed by atoms with Crippen molar-refractivity contribution >= 4 is 11.8 Å². The molecule has 0 bridgehead atoms. The minimum absolute atomic E-state index is 0.00863. The molecule has 2 aromatic rings. The van der Waals surface area contributed by atoms with Gasteiger partial charge in [0.1, 0.15) is 6.04 Å². The molecule has 0 heterocycles. The van der Waals surface area contributed by atoms with Crippen LogP contribution in [0.3, 0.4) is 0 Å². The Morgan fingerprint density at radius 1 is 1.14 bits per heavy atom. The normalized spacial score (nSPS) is 18.6. The van der Waals surface area contributed by atoms with E-state index in [1.807, 2.05) is 37.3 Å². The van der Waals surface area contributed by atoms with Gasteiger partial charge < -0.3 is 25.4 Å². The molecule has 0 saturated heterocycles. The van der Waals surface area contributed by atoms with Crippen molar-refractivity contribution in [3.05, 3.63) is 96.1 Å². The number of likely N-dealkylation sites (N-methyl/N-ethyl adjacent to an activating group) is 1. The number of rotatable bonds is 18. The molecule has 2 amide bonds. The van der Waals surface area contributed by atoms with E-state index in [4.69, 9.17) is 4.74 Å². The Morgan fingerprint density at radius 3 is 2.56 bits per heavy atom. The minimum atomic E-state index is -0.876. The van der Waals surface area contributed by atoms with Gasteiger partial charge in [-0.3, -0.25) is 9.59 Å². The van der Waals surface area contributed by atoms with Crippen molar-refractivity contribution < 1.29 is 19.4 Å². The predicted octanol–water partition coefficient (Wildman–Crippen LogP) is 5.59. The standard InChI is InChI=1S/C36H51N3O4/c1-7-10-15-26(5)36(42)39(6)32(14-8-2)35(41)38-31(22-27-16-12-11-13-17-27)33(40)24-37-30-23-34(43-20-9-3)28-19-18-25(4)21-29(28)30/h8-9,11-13,16-19,21,26,30-34,37,40H,2-3,7,10,14-15,20,22-24H2,1,4-6H3,(H,38,41)/t26-,30+,31-,32-,33+,34-/m0/s1. The number of carbonyl (C=O) groups excluding carboxylic acids is 2. The summed E-state index contributed by atoms with van der Waals surface area (Å²) in [6, 6.07) is 14.9. The summed E-state index contributed by atoms with van der Waals surface area (Å²) < 4.78 is 6.05. The lowest BCUT2D eigenvalue weighted by Crippen LogP contribution is -2.55. The van der Waals surface area contributed by atoms with Crippen LogP contribution in [-0.2, 0) is 20.7 Å². The van der Waals surface area contributed by atoms with Gasteiger partial charge in [0.15, 0.2) is 0 Å². The van der Waals surface area contributed by atoms with E-state index in [9.17, 15) is 14.7 Å². The van der Waals surface area contributed by atoms with Crippen LogP contribution in [0.25, 0.3) is 0 Å². The van der Waals surface area contributed by atoms with Gasteiger partial charge in [0.05, 0.1) is 24.9 Å². The fourth-order valence-corrected chi connectivity index (χ4v) is 5.86. The number of aliphatic hydroxyl groups is 1. The number of nitrogens with zero attached hydrogens (tertiary/aromatic N) is 1. The second-order valence-corrected chi connectivity index (χ2v) is 11.8. The highest BCUT2D eigenvalue weighted by atomic mass is 16.5. The summed E-state index contributed by atoms with van der Waals surface area (Å²) in [5, 5.41) is 18.2. The van der Waals surface area contributed by atoms with E-state index >= 15 is 0 Å². The molecule has 0 unspecified atom stereocenters. The summed E-state index contributed by atoms with van der Waals surface area (Å²) in [5.41, 5.74) is 4.50. The topological polar surface area (TPSA) is 90.9 Å². The molecule has 3 rings (SSSR count). The largest absolute Gasteiger partial charge is 0.390 e. The van der Waals surface area contributed by atoms with Gasteiger partial charge in [0.2, 0.25) is 11.8 Å². The van der Waals surface area contributed by atoms with Gasteiger partial charge in [0, 0.05) is 25.6 Å². The zero-order valence-corrected chi connectivity index (χ0v) is 26.4. The van der Waals surface area contributed by atoms with E-state index in [1.54, 1.807) is 24.1 Å². The van der Waals surface area contributed by atoms with Crippen LogP contribution in [0.1, 0.15) is 80.4 Å². The number of benzene rings is 2. The van der Waals surface area contributed by atoms with Crippen molar-refractivity contribution in [1.29, 1.82) is 0 Å². The van der Waals surface area contributed by atoms with Gasteiger partial charge in [0.25, 0.3) is 0 Å². The summed E-state index contributed by atoms with van der Waals surface area (Å²) in [4.78, 5) is 28.4. The summed E-state index contributed by atoms with van der Waals surface area (Å²) in [7, 11) is 1.69. The van der Waals surface area contributed by atoms with E-state index < -0.39 is 18.2 Å². The third-order valence-corrected chi connectivity index (χ3v) is 8.41. The summed E-state index contributed by atoms with van der Waals surface area (Å²) in [6.45, 7) is 14.4. The zero-order chi connectivity index (χ0) is 31.4. The number of nitrogens with one attached hydrogen (secondary N) is 2. The zero-order valence-electron chi connectivity index (χ0n) is 26.4. The maximum atomic E-state index is 13.7. The molecule has 1 aliphatic rings. The van der Waals surface area contributed by atoms with Gasteiger partial charge in [-0.15, -0.1) is 13.2 Å². The van der Waals surface area contributed by atoms with Gasteiger partial charge in [-0.05, 0) is 49.3 Å². The Hall–Kier alpha value is -3.26. The fraction of sp³-hybridized carbons (Fsp3) is 0.500. The Balaban J connectivity index is 1.75. The Bertz CT molecular complexity index is 1200. The first-order chi connectivity index (χ1) is 20.7. The molecule has 43 heavy (non-hydrogen) atoms. The molecule has 3 N–H and O–H groups in total. The molecule has 0 aromatic heterocycles. The van der Waals surface area contributed by atoms with Gasteiger partial charge in [-0.2, -0.15) is 0 Å². The molecule has 0 spiro atoms. The Labute approximate surface area is 258 Å². The van der Waals surface area contributed by atoms with Crippen LogP contribution in [0.4, 0.5) is 0 Å². The van der Waals surface area contributed by atoms with Crippen LogP contribution in [0, 0.1) is 12.8 Å². The molecule has 0 aliphatic heterocycles. The molecule has 7 nitrogen and oxygen atoms in total. The number of fused-ring (bicyclic) bond motifs is 1. The number of carbonyl (C=O) groups is 2. The van der Waals surface area contributed by atoms with E-state index in [0.717, 1.165) is 36.8 Å². The molecule has 6 atom stereocenters. The van der Waals surface area contributed by atoms with Gasteiger partial charge in [-0.1, -0.05) is 92.9 Å². The fourth-order valence-electron chi connectivity index (χ4n) is 5.86. The summed E-state index contributed by atoms with van der Waals surface area (Å²) >= 11 is 0. The van der Waals surface area contributed by atoms with E-state index in [1.165, 1.54) is 11.1 Å². The summed E-state index contributed by atoms with van der Waals surface area (Å²) in [6.07, 6.45) is 6.78. The van der Waals surface area contributed by atoms with Crippen molar-refractivity contribution in [3.8, 4) is 0 Å². The molecule has 0 fully saturated rings. The first-order valence-electron chi connectivity index (χ1n) is 15.7. The van der Waals surface area contributed by atoms with Crippen molar-refractivity contribution in [2.75, 3.05) is 20.2 Å². The third kappa shape index (κ3) is 9.62. The van der Waals surface area contributed by atoms with Gasteiger partial charge in [-0.25, -0.2) is 0 Å². The van der Waals surface area contributed by atoms with Crippen LogP contribution in [0.2, 0.25) is 0 Å². The molecule has 0 saturated carbocycles. The average molecular weight is 590 g/mol. The molecule has 234 valence electrons. The predicted molar refractivity (Wildman–Crippen MR) is 174 cm³/mol. The lowest BCUT2D eigenvalue weighted by molar-refractivity contribution is -0.142. The molecule has 2 aromatic carbocycles. The maximum Gasteiger partial charge on any atom is 0.243 e. The maximum absolute atomic E-state index is 13.7. The Kier molecular flexibility index (Phi) is 13.6. The quantitative estimate of drug-likeness (QED) is 0.197. The van der Waals surface area contributed by atoms with Crippen LogP contribution in [0.5, 0.6) is 0 Å². The molecule has 7 heteroatoms. The lowest BCUT2D eigenvalue weighted by atomic mass is 9.98. The van der Waals surface area contributed by atoms with Crippen LogP contribution >= 0.6 is 0 Å². The van der Waals surface area contributed by atoms with E-state index in [-0.39, 0.29) is 36.4 Å². The molecular formula is C36H51N3O4. The number of aliphatic hydroxyl groups excluding tert-OH is 1. The Morgan fingerprint density at radius 2 is 1.88 bits per heavy atom. The van der Waals surface area contributed by atoms with Crippen molar-refractivity contribution in [1.82, 2.24) is 15.5 Å². The van der Waals surface area contributed by atoms with E-state index in [2.05, 4.69) is 55.8 Å². The highest BCUT2D eigenvalue weighted by Crippen LogP contribution is 2.41. The lowest BCUT2D eigenvalue weighted by Gasteiger charge is -2.32. The second kappa shape index (κ2) is 17.1. The number of aryl methyl sites for hydroxylation is 1. The number of unbranched alkanes of at least 4 members (excludes halogenated alkanes) is 1. The highest BCUT2D eigenvalue weighted by molar-refractivity contribution is 5.88. The van der Waals surface area contributed by atoms with E-state index in [0.29, 0.717) is 19.4 Å². The van der Waals surface area contributed by atoms with Gasteiger partial charge >= 0.3 is 0 Å². The minimum Gasteiger partial charge on any atom is -0.390 e. The number of amides is 2. The monoisotopic (exact) mass is 589 g/mol. The molecule has 1 aliphatic carbocycles.